The Balaban J connectivity index is 4.54. The molecule has 0 aliphatic rings. The molecule has 2 unspecified atom stereocenters. The Labute approximate surface area is 143 Å². The molecule has 6 nitrogen and oxygen atoms in total. The summed E-state index contributed by atoms with van der Waals surface area (Å²) >= 11 is 0. The van der Waals surface area contributed by atoms with Gasteiger partial charge in [0, 0.05) is 12.8 Å². The van der Waals surface area contributed by atoms with Crippen molar-refractivity contribution in [3.05, 3.63) is 0 Å². The Bertz CT molecular complexity index is 505. The van der Waals surface area contributed by atoms with E-state index in [0.717, 1.165) is 0 Å². The molecule has 150 valence electrons. The van der Waals surface area contributed by atoms with Crippen molar-refractivity contribution in [3.8, 4) is 0 Å². The highest BCUT2D eigenvalue weighted by molar-refractivity contribution is 6.35. The molecule has 0 aromatic carbocycles. The van der Waals surface area contributed by atoms with Gasteiger partial charge < -0.3 is 9.47 Å². The number of alkyl halides is 6. The van der Waals surface area contributed by atoms with Gasteiger partial charge >= 0.3 is 24.3 Å². The first kappa shape index (κ1) is 23.9. The molecule has 0 aromatic heterocycles. The summed E-state index contributed by atoms with van der Waals surface area (Å²) in [6.45, 7) is 2.21. The van der Waals surface area contributed by atoms with Gasteiger partial charge in [0.15, 0.2) is 12.2 Å². The smallest absolute Gasteiger partial charge is 0.425 e. The molecule has 0 saturated carbocycles. The monoisotopic (exact) mass is 394 g/mol. The molecule has 0 amide bonds. The molecule has 0 aliphatic heterocycles. The summed E-state index contributed by atoms with van der Waals surface area (Å²) < 4.78 is 81.1. The molecular weight excluding hydrogens is 378 g/mol. The molecule has 2 atom stereocenters. The number of esters is 2. The van der Waals surface area contributed by atoms with Gasteiger partial charge in [0.25, 0.3) is 0 Å². The topological polar surface area (TPSA) is 86.7 Å². The number of hydrogen-bond acceptors (Lipinski definition) is 6. The van der Waals surface area contributed by atoms with E-state index in [1.54, 1.807) is 0 Å². The molecule has 0 radical (unpaired) electrons. The molecule has 0 spiro atoms. The van der Waals surface area contributed by atoms with E-state index in [-0.39, 0.29) is 0 Å². The molecular formula is C14H16F6O6. The van der Waals surface area contributed by atoms with Crippen molar-refractivity contribution >= 4 is 23.5 Å². The molecule has 0 N–H and O–H groups in total. The zero-order chi connectivity index (χ0) is 20.9. The maximum Gasteiger partial charge on any atom is 0.425 e. The summed E-state index contributed by atoms with van der Waals surface area (Å²) in [5, 5.41) is 0. The van der Waals surface area contributed by atoms with Gasteiger partial charge in [-0.05, 0) is 19.8 Å². The first-order valence-corrected chi connectivity index (χ1v) is 7.16. The third-order valence-corrected chi connectivity index (χ3v) is 3.01. The van der Waals surface area contributed by atoms with Gasteiger partial charge in [0.2, 0.25) is 11.6 Å². The van der Waals surface area contributed by atoms with Crippen molar-refractivity contribution < 1.29 is 55.0 Å². The average molecular weight is 394 g/mol. The second-order valence-electron chi connectivity index (χ2n) is 5.54. The van der Waals surface area contributed by atoms with Gasteiger partial charge in [0.05, 0.1) is 0 Å². The van der Waals surface area contributed by atoms with E-state index in [0.29, 0.717) is 13.8 Å². The fraction of sp³-hybridized carbons (Fsp3) is 0.714. The summed E-state index contributed by atoms with van der Waals surface area (Å²) in [5.41, 5.74) is 0. The van der Waals surface area contributed by atoms with Crippen LogP contribution in [0.2, 0.25) is 0 Å². The van der Waals surface area contributed by atoms with Crippen LogP contribution < -0.4 is 0 Å². The normalized spacial score (nSPS) is 15.6. The van der Waals surface area contributed by atoms with E-state index >= 15 is 0 Å². The van der Waals surface area contributed by atoms with Crippen LogP contribution in [0.1, 0.15) is 33.6 Å². The van der Waals surface area contributed by atoms with Gasteiger partial charge in [-0.15, -0.1) is 0 Å². The number of ether oxygens (including phenoxy) is 2. The Morgan fingerprint density at radius 3 is 1.19 bits per heavy atom. The van der Waals surface area contributed by atoms with Crippen LogP contribution in [0.25, 0.3) is 0 Å². The molecule has 12 heteroatoms. The predicted octanol–water partition coefficient (Wildman–Crippen LogP) is 2.53. The quantitative estimate of drug-likeness (QED) is 0.357. The number of rotatable bonds is 8. The third-order valence-electron chi connectivity index (χ3n) is 3.01. The second kappa shape index (κ2) is 8.99. The van der Waals surface area contributed by atoms with E-state index in [1.807, 2.05) is 0 Å². The molecule has 0 saturated heterocycles. The van der Waals surface area contributed by atoms with Crippen molar-refractivity contribution in [3.63, 3.8) is 0 Å². The molecule has 0 fully saturated rings. The lowest BCUT2D eigenvalue weighted by Crippen LogP contribution is -2.35. The van der Waals surface area contributed by atoms with Gasteiger partial charge in [0.1, 0.15) is 0 Å². The van der Waals surface area contributed by atoms with Crippen molar-refractivity contribution in [1.29, 1.82) is 0 Å². The molecule has 0 rings (SSSR count). The van der Waals surface area contributed by atoms with Crippen LogP contribution in [0.4, 0.5) is 26.3 Å². The van der Waals surface area contributed by atoms with E-state index in [4.69, 9.17) is 0 Å². The SMILES string of the molecule is CC(CC(=O)C(=O)OC(C)C(F)(F)F)CC(=O)C(=O)OC(C)C(F)(F)F. The van der Waals surface area contributed by atoms with Gasteiger partial charge in [-0.3, -0.25) is 9.59 Å². The van der Waals surface area contributed by atoms with Crippen LogP contribution in [0, 0.1) is 5.92 Å². The van der Waals surface area contributed by atoms with Crippen LogP contribution in [-0.4, -0.2) is 48.1 Å². The number of Topliss-reactive ketones (excluding diaryl/α,β-unsaturated/α-hetero) is 2. The van der Waals surface area contributed by atoms with Gasteiger partial charge in [-0.2, -0.15) is 26.3 Å². The van der Waals surface area contributed by atoms with E-state index in [2.05, 4.69) is 9.47 Å². The number of ketones is 2. The van der Waals surface area contributed by atoms with E-state index in [1.165, 1.54) is 6.92 Å². The minimum absolute atomic E-state index is 0.510. The third kappa shape index (κ3) is 8.30. The Morgan fingerprint density at radius 2 is 0.962 bits per heavy atom. The van der Waals surface area contributed by atoms with Crippen LogP contribution in [-0.2, 0) is 28.7 Å². The van der Waals surface area contributed by atoms with Crippen molar-refractivity contribution in [2.24, 2.45) is 5.92 Å². The lowest BCUT2D eigenvalue weighted by Gasteiger charge is -2.17. The van der Waals surface area contributed by atoms with Crippen molar-refractivity contribution in [1.82, 2.24) is 0 Å². The number of carbonyl (C=O) groups excluding carboxylic acids is 4. The number of hydrogen-bond donors (Lipinski definition) is 0. The van der Waals surface area contributed by atoms with E-state index < -0.39 is 66.8 Å². The first-order chi connectivity index (χ1) is 11.6. The van der Waals surface area contributed by atoms with Gasteiger partial charge in [-0.25, -0.2) is 9.59 Å². The zero-order valence-corrected chi connectivity index (χ0v) is 13.9. The van der Waals surface area contributed by atoms with Crippen LogP contribution in [0.5, 0.6) is 0 Å². The number of halogens is 6. The van der Waals surface area contributed by atoms with Gasteiger partial charge in [-0.1, -0.05) is 6.92 Å². The Kier molecular flexibility index (Phi) is 8.25. The van der Waals surface area contributed by atoms with Crippen LogP contribution >= 0.6 is 0 Å². The van der Waals surface area contributed by atoms with E-state index in [9.17, 15) is 45.5 Å². The Hall–Kier alpha value is -2.14. The van der Waals surface area contributed by atoms with Crippen LogP contribution in [0.15, 0.2) is 0 Å². The molecule has 0 bridgehead atoms. The lowest BCUT2D eigenvalue weighted by atomic mass is 9.98. The summed E-state index contributed by atoms with van der Waals surface area (Å²) in [7, 11) is 0. The summed E-state index contributed by atoms with van der Waals surface area (Å²) in [6, 6.07) is 0. The highest BCUT2D eigenvalue weighted by Crippen LogP contribution is 2.24. The first-order valence-electron chi connectivity index (χ1n) is 7.16. The second-order valence-corrected chi connectivity index (χ2v) is 5.54. The standard InChI is InChI=1S/C14H16F6O6/c1-6(4-9(21)11(23)25-7(2)13(15,16)17)5-10(22)12(24)26-8(3)14(18,19)20/h6-8H,4-5H2,1-3H3. The number of carbonyl (C=O) groups is 4. The average Bonchev–Trinajstić information content (AvgIpc) is 2.44. The minimum Gasteiger partial charge on any atom is -0.447 e. The molecule has 0 heterocycles. The zero-order valence-electron chi connectivity index (χ0n) is 13.9. The van der Waals surface area contributed by atoms with Crippen molar-refractivity contribution in [2.45, 2.75) is 58.2 Å². The van der Waals surface area contributed by atoms with Crippen LogP contribution in [0.3, 0.4) is 0 Å². The molecule has 0 aromatic rings. The highest BCUT2D eigenvalue weighted by Gasteiger charge is 2.41. The largest absolute Gasteiger partial charge is 0.447 e. The summed E-state index contributed by atoms with van der Waals surface area (Å²) in [5.74, 6) is -7.32. The molecule has 26 heavy (non-hydrogen) atoms. The highest BCUT2D eigenvalue weighted by atomic mass is 19.4. The summed E-state index contributed by atoms with van der Waals surface area (Å²) in [4.78, 5) is 45.4. The minimum atomic E-state index is -4.86. The van der Waals surface area contributed by atoms with Crippen molar-refractivity contribution in [2.75, 3.05) is 0 Å². The maximum absolute atomic E-state index is 12.2. The maximum atomic E-state index is 12.2. The predicted molar refractivity (Wildman–Crippen MR) is 71.6 cm³/mol. The molecule has 0 aliphatic carbocycles. The summed E-state index contributed by atoms with van der Waals surface area (Å²) in [6.07, 6.45) is -16.2. The Morgan fingerprint density at radius 1 is 0.692 bits per heavy atom. The fourth-order valence-electron chi connectivity index (χ4n) is 1.46. The fourth-order valence-corrected chi connectivity index (χ4v) is 1.46. The lowest BCUT2D eigenvalue weighted by molar-refractivity contribution is -0.215.